The molecule has 1 aliphatic carbocycles. The Balaban J connectivity index is 2.00. The first kappa shape index (κ1) is 24.0. The number of hydrogen-bond acceptors (Lipinski definition) is 4. The Morgan fingerprint density at radius 3 is 2.45 bits per heavy atom. The summed E-state index contributed by atoms with van der Waals surface area (Å²) in [7, 11) is -3.64. The lowest BCUT2D eigenvalue weighted by molar-refractivity contribution is -0.133. The maximum absolute atomic E-state index is 13.6. The number of halogens is 1. The number of rotatable bonds is 5. The number of nitrogens with one attached hydrogen (secondary N) is 1. The van der Waals surface area contributed by atoms with Gasteiger partial charge in [-0.2, -0.15) is 4.31 Å². The van der Waals surface area contributed by atoms with E-state index in [0.29, 0.717) is 10.7 Å². The molecule has 1 N–H and O–H groups in total. The summed E-state index contributed by atoms with van der Waals surface area (Å²) in [6, 6.07) is 5.17. The van der Waals surface area contributed by atoms with Crippen molar-refractivity contribution in [1.29, 1.82) is 0 Å². The Hall–Kier alpha value is -1.64. The number of piperazine rings is 1. The van der Waals surface area contributed by atoms with Crippen LogP contribution in [0.3, 0.4) is 0 Å². The Labute approximate surface area is 190 Å². The molecule has 1 atom stereocenters. The lowest BCUT2D eigenvalue weighted by Gasteiger charge is -2.47. The summed E-state index contributed by atoms with van der Waals surface area (Å²) in [6.07, 6.45) is 6.20. The van der Waals surface area contributed by atoms with Gasteiger partial charge in [0, 0.05) is 23.3 Å². The normalized spacial score (nSPS) is 24.1. The van der Waals surface area contributed by atoms with Gasteiger partial charge in [0.15, 0.2) is 0 Å². The van der Waals surface area contributed by atoms with Crippen LogP contribution >= 0.6 is 11.6 Å². The minimum Gasteiger partial charge on any atom is -0.351 e. The molecule has 2 aliphatic rings. The molecule has 1 saturated heterocycles. The van der Waals surface area contributed by atoms with Crippen molar-refractivity contribution in [3.05, 3.63) is 28.8 Å². The highest BCUT2D eigenvalue weighted by atomic mass is 35.5. The van der Waals surface area contributed by atoms with E-state index in [-0.39, 0.29) is 30.8 Å². The van der Waals surface area contributed by atoms with E-state index in [0.717, 1.165) is 48.4 Å². The van der Waals surface area contributed by atoms with Crippen molar-refractivity contribution in [2.45, 2.75) is 70.9 Å². The highest BCUT2D eigenvalue weighted by Crippen LogP contribution is 2.34. The third kappa shape index (κ3) is 5.07. The van der Waals surface area contributed by atoms with Crippen molar-refractivity contribution in [2.24, 2.45) is 0 Å². The van der Waals surface area contributed by atoms with Gasteiger partial charge >= 0.3 is 0 Å². The average Bonchev–Trinajstić information content (AvgIpc) is 2.97. The first-order valence-electron chi connectivity index (χ1n) is 11.0. The van der Waals surface area contributed by atoms with Crippen LogP contribution in [0.25, 0.3) is 0 Å². The summed E-state index contributed by atoms with van der Waals surface area (Å²) < 4.78 is 26.4. The van der Waals surface area contributed by atoms with Crippen LogP contribution in [-0.4, -0.2) is 55.0 Å². The number of amides is 2. The highest BCUT2D eigenvalue weighted by molar-refractivity contribution is 7.89. The van der Waals surface area contributed by atoms with Gasteiger partial charge in [0.25, 0.3) is 0 Å². The zero-order valence-corrected chi connectivity index (χ0v) is 20.1. The summed E-state index contributed by atoms with van der Waals surface area (Å²) >= 11 is 6.10. The molecule has 1 aromatic carbocycles. The molecule has 1 aliphatic heterocycles. The van der Waals surface area contributed by atoms with Gasteiger partial charge in [-0.3, -0.25) is 14.5 Å². The third-order valence-corrected chi connectivity index (χ3v) is 8.39. The van der Waals surface area contributed by atoms with Gasteiger partial charge in [0.1, 0.15) is 5.54 Å². The Morgan fingerprint density at radius 2 is 1.87 bits per heavy atom. The molecule has 2 fully saturated rings. The smallest absolute Gasteiger partial charge is 0.247 e. The van der Waals surface area contributed by atoms with Crippen LogP contribution in [0.5, 0.6) is 0 Å². The van der Waals surface area contributed by atoms with Gasteiger partial charge in [-0.25, -0.2) is 8.42 Å². The van der Waals surface area contributed by atoms with Crippen molar-refractivity contribution < 1.29 is 18.0 Å². The van der Waals surface area contributed by atoms with Gasteiger partial charge in [0.05, 0.1) is 12.3 Å². The number of benzene rings is 1. The number of nitrogens with zero attached hydrogens (tertiary/aromatic N) is 2. The van der Waals surface area contributed by atoms with E-state index in [1.165, 1.54) is 4.90 Å². The molecule has 9 heteroatoms. The van der Waals surface area contributed by atoms with Crippen LogP contribution in [0.4, 0.5) is 5.69 Å². The first-order chi connectivity index (χ1) is 14.6. The fraction of sp³-hybridized carbons (Fsp3) is 0.636. The van der Waals surface area contributed by atoms with Gasteiger partial charge in [-0.1, -0.05) is 37.3 Å². The Kier molecular flexibility index (Phi) is 7.33. The SMILES string of the molecule is CCS(=O)(=O)N1CC(=O)N(c2ccc(Cl)cc2C)[C@@](C)(C(=O)NC2CCCCCC2)C1. The molecule has 1 heterocycles. The van der Waals surface area contributed by atoms with Gasteiger partial charge in [-0.05, 0) is 57.4 Å². The summed E-state index contributed by atoms with van der Waals surface area (Å²) in [5.41, 5.74) is -0.0507. The van der Waals surface area contributed by atoms with Crippen LogP contribution in [0, 0.1) is 6.92 Å². The van der Waals surface area contributed by atoms with Crippen molar-refractivity contribution >= 4 is 39.1 Å². The first-order valence-corrected chi connectivity index (χ1v) is 12.9. The lowest BCUT2D eigenvalue weighted by atomic mass is 9.92. The van der Waals surface area contributed by atoms with E-state index in [1.54, 1.807) is 32.0 Å². The maximum atomic E-state index is 13.6. The summed E-state index contributed by atoms with van der Waals surface area (Å²) in [4.78, 5) is 28.4. The zero-order valence-electron chi connectivity index (χ0n) is 18.5. The molecule has 0 bridgehead atoms. The van der Waals surface area contributed by atoms with Gasteiger partial charge < -0.3 is 5.32 Å². The Morgan fingerprint density at radius 1 is 1.23 bits per heavy atom. The second-order valence-corrected chi connectivity index (χ2v) is 11.5. The molecule has 31 heavy (non-hydrogen) atoms. The zero-order chi connectivity index (χ0) is 22.8. The molecule has 1 saturated carbocycles. The minimum atomic E-state index is -3.64. The average molecular weight is 470 g/mol. The van der Waals surface area contributed by atoms with Crippen molar-refractivity contribution in [3.8, 4) is 0 Å². The molecule has 0 spiro atoms. The van der Waals surface area contributed by atoms with Crippen molar-refractivity contribution in [2.75, 3.05) is 23.7 Å². The molecule has 0 unspecified atom stereocenters. The van der Waals surface area contributed by atoms with Gasteiger partial charge in [0.2, 0.25) is 21.8 Å². The van der Waals surface area contributed by atoms with E-state index in [4.69, 9.17) is 11.6 Å². The highest BCUT2D eigenvalue weighted by Gasteiger charge is 2.51. The fourth-order valence-corrected chi connectivity index (χ4v) is 5.90. The summed E-state index contributed by atoms with van der Waals surface area (Å²) in [5.74, 6) is -0.870. The molecule has 0 radical (unpaired) electrons. The predicted molar refractivity (Wildman–Crippen MR) is 123 cm³/mol. The second kappa shape index (κ2) is 9.46. The Bertz CT molecular complexity index is 944. The van der Waals surface area contributed by atoms with Crippen LogP contribution in [0.15, 0.2) is 18.2 Å². The fourth-order valence-electron chi connectivity index (χ4n) is 4.55. The number of carbonyl (C=O) groups is 2. The van der Waals surface area contributed by atoms with Crippen molar-refractivity contribution in [1.82, 2.24) is 9.62 Å². The van der Waals surface area contributed by atoms with E-state index in [9.17, 15) is 18.0 Å². The molecular formula is C22H32ClN3O4S. The summed E-state index contributed by atoms with van der Waals surface area (Å²) in [5, 5.41) is 3.66. The maximum Gasteiger partial charge on any atom is 0.247 e. The molecule has 7 nitrogen and oxygen atoms in total. The largest absolute Gasteiger partial charge is 0.351 e. The standard InChI is InChI=1S/C22H32ClN3O4S/c1-4-31(29,30)25-14-20(27)26(19-12-11-17(23)13-16(19)2)22(3,15-25)21(28)24-18-9-7-5-6-8-10-18/h11-13,18H,4-10,14-15H2,1-3H3,(H,24,28)/t22-/m1/s1. The molecule has 1 aromatic rings. The molecule has 172 valence electrons. The number of anilines is 1. The quantitative estimate of drug-likeness (QED) is 0.670. The second-order valence-electron chi connectivity index (χ2n) is 8.76. The molecule has 3 rings (SSSR count). The molecule has 0 aromatic heterocycles. The van der Waals surface area contributed by atoms with E-state index >= 15 is 0 Å². The lowest BCUT2D eigenvalue weighted by Crippen LogP contribution is -2.71. The van der Waals surface area contributed by atoms with Crippen LogP contribution in [0.1, 0.15) is 57.9 Å². The van der Waals surface area contributed by atoms with E-state index in [2.05, 4.69) is 5.32 Å². The van der Waals surface area contributed by atoms with Crippen molar-refractivity contribution in [3.63, 3.8) is 0 Å². The number of carbonyl (C=O) groups excluding carboxylic acids is 2. The van der Waals surface area contributed by atoms with Gasteiger partial charge in [-0.15, -0.1) is 0 Å². The number of sulfonamides is 1. The molecular weight excluding hydrogens is 438 g/mol. The van der Waals surface area contributed by atoms with E-state index in [1.807, 2.05) is 6.92 Å². The van der Waals surface area contributed by atoms with Crippen LogP contribution < -0.4 is 10.2 Å². The minimum absolute atomic E-state index is 0.0354. The van der Waals surface area contributed by atoms with E-state index < -0.39 is 21.5 Å². The molecule has 2 amide bonds. The number of aryl methyl sites for hydroxylation is 1. The summed E-state index contributed by atoms with van der Waals surface area (Å²) in [6.45, 7) is 4.65. The third-order valence-electron chi connectivity index (χ3n) is 6.38. The monoisotopic (exact) mass is 469 g/mol. The topological polar surface area (TPSA) is 86.8 Å². The van der Waals surface area contributed by atoms with Crippen LogP contribution in [0.2, 0.25) is 5.02 Å². The van der Waals surface area contributed by atoms with Crippen LogP contribution in [-0.2, 0) is 19.6 Å². The number of hydrogen-bond donors (Lipinski definition) is 1. The predicted octanol–water partition coefficient (Wildman–Crippen LogP) is 3.24.